The van der Waals surface area contributed by atoms with Crippen LogP contribution in [-0.4, -0.2) is 21.2 Å². The predicted molar refractivity (Wildman–Crippen MR) is 36.0 cm³/mol. The minimum atomic E-state index is -0.553. The molecule has 0 N–H and O–H groups in total. The van der Waals surface area contributed by atoms with Crippen LogP contribution in [-0.2, 0) is 0 Å². The molecule has 0 spiro atoms. The largest absolute Gasteiger partial charge is 0.381 e. The van der Waals surface area contributed by atoms with Crippen LogP contribution in [0.1, 0.15) is 6.92 Å². The topological polar surface area (TPSA) is 70.2 Å². The molecule has 6 heteroatoms. The van der Waals surface area contributed by atoms with Gasteiger partial charge in [0, 0.05) is 0 Å². The van der Waals surface area contributed by atoms with Crippen molar-refractivity contribution in [3.63, 3.8) is 0 Å². The molecule has 6 nitrogen and oxygen atoms in total. The fourth-order valence-corrected chi connectivity index (χ4v) is 0.643. The average Bonchev–Trinajstić information content (AvgIpc) is 2.36. The molecule has 0 saturated carbocycles. The summed E-state index contributed by atoms with van der Waals surface area (Å²) in [5.41, 5.74) is 0. The smallest absolute Gasteiger partial charge is 0.358 e. The lowest BCUT2D eigenvalue weighted by Crippen LogP contribution is -2.11. The molecule has 0 radical (unpaired) electrons. The van der Waals surface area contributed by atoms with Gasteiger partial charge in [-0.3, -0.25) is 0 Å². The maximum absolute atomic E-state index is 10.2. The Kier molecular flexibility index (Phi) is 2.05. The summed E-state index contributed by atoms with van der Waals surface area (Å²) in [7, 11) is 0. The first-order valence-electron chi connectivity index (χ1n) is 3.05. The van der Waals surface area contributed by atoms with E-state index in [-0.39, 0.29) is 5.82 Å². The third-order valence-electron chi connectivity index (χ3n) is 1.04. The molecule has 0 atom stereocenters. The van der Waals surface area contributed by atoms with Crippen molar-refractivity contribution in [3.8, 4) is 0 Å². The molecule has 60 valence electrons. The Bertz CT molecular complexity index is 257. The van der Waals surface area contributed by atoms with E-state index in [4.69, 9.17) is 4.84 Å². The van der Waals surface area contributed by atoms with Crippen LogP contribution in [0.25, 0.3) is 0 Å². The molecule has 1 rings (SSSR count). The minimum Gasteiger partial charge on any atom is -0.358 e. The van der Waals surface area contributed by atoms with Crippen LogP contribution in [0.3, 0.4) is 0 Å². The quantitative estimate of drug-likeness (QED) is 0.465. The van der Waals surface area contributed by atoms with E-state index in [1.165, 1.54) is 6.33 Å². The normalized spacial score (nSPS) is 9.55. The zero-order valence-corrected chi connectivity index (χ0v) is 5.93. The number of nitrogens with zero attached hydrogens (tertiary/aromatic N) is 3. The first-order chi connectivity index (χ1) is 5.25. The van der Waals surface area contributed by atoms with Gasteiger partial charge < -0.3 is 15.0 Å². The molecule has 0 fully saturated rings. The van der Waals surface area contributed by atoms with E-state index in [9.17, 15) is 10.1 Å². The van der Waals surface area contributed by atoms with Crippen molar-refractivity contribution in [1.82, 2.24) is 9.71 Å². The van der Waals surface area contributed by atoms with Crippen molar-refractivity contribution in [1.29, 1.82) is 0 Å². The molecule has 0 bridgehead atoms. The highest BCUT2D eigenvalue weighted by molar-refractivity contribution is 5.12. The van der Waals surface area contributed by atoms with Crippen LogP contribution >= 0.6 is 0 Å². The maximum atomic E-state index is 10.2. The number of imidazole rings is 1. The summed E-state index contributed by atoms with van der Waals surface area (Å²) in [4.78, 5) is 18.1. The molecule has 1 heterocycles. The van der Waals surface area contributed by atoms with Gasteiger partial charge >= 0.3 is 5.82 Å². The molecular weight excluding hydrogens is 150 g/mol. The van der Waals surface area contributed by atoms with Crippen LogP contribution in [0.4, 0.5) is 5.82 Å². The molecule has 0 unspecified atom stereocenters. The van der Waals surface area contributed by atoms with Gasteiger partial charge in [-0.2, -0.15) is 0 Å². The highest BCUT2D eigenvalue weighted by Gasteiger charge is 2.12. The van der Waals surface area contributed by atoms with Crippen LogP contribution in [0.15, 0.2) is 12.5 Å². The molecule has 0 aliphatic rings. The molecule has 0 aromatic carbocycles. The Morgan fingerprint density at radius 1 is 1.91 bits per heavy atom. The molecule has 0 aliphatic carbocycles. The van der Waals surface area contributed by atoms with Crippen molar-refractivity contribution in [3.05, 3.63) is 22.6 Å². The van der Waals surface area contributed by atoms with Crippen LogP contribution in [0.5, 0.6) is 0 Å². The monoisotopic (exact) mass is 157 g/mol. The number of aromatic nitrogens is 2. The first kappa shape index (κ1) is 7.52. The lowest BCUT2D eigenvalue weighted by Gasteiger charge is -1.97. The molecule has 0 aliphatic heterocycles. The number of nitro groups is 1. The maximum Gasteiger partial charge on any atom is 0.381 e. The van der Waals surface area contributed by atoms with Gasteiger partial charge in [-0.1, -0.05) is 0 Å². The van der Waals surface area contributed by atoms with Crippen LogP contribution in [0, 0.1) is 10.1 Å². The molecule has 1 aromatic heterocycles. The second-order valence-electron chi connectivity index (χ2n) is 1.75. The zero-order chi connectivity index (χ0) is 8.27. The second kappa shape index (κ2) is 3.00. The highest BCUT2D eigenvalue weighted by atomic mass is 16.7. The summed E-state index contributed by atoms with van der Waals surface area (Å²) in [5, 5.41) is 10.2. The van der Waals surface area contributed by atoms with Gasteiger partial charge in [0.1, 0.15) is 12.8 Å². The second-order valence-corrected chi connectivity index (χ2v) is 1.75. The lowest BCUT2D eigenvalue weighted by atomic mass is 10.8. The number of rotatable bonds is 3. The number of hydrogen-bond donors (Lipinski definition) is 0. The Labute approximate surface area is 62.5 Å². The SMILES string of the molecule is CCOn1cncc1[N+](=O)[O-]. The molecular formula is C5H7N3O3. The van der Waals surface area contributed by atoms with Crippen molar-refractivity contribution in [2.45, 2.75) is 6.92 Å². The Morgan fingerprint density at radius 2 is 2.64 bits per heavy atom. The van der Waals surface area contributed by atoms with Gasteiger partial charge in [0.2, 0.25) is 6.33 Å². The molecule has 1 aromatic rings. The summed E-state index contributed by atoms with van der Waals surface area (Å²) >= 11 is 0. The van der Waals surface area contributed by atoms with E-state index in [0.717, 1.165) is 10.9 Å². The zero-order valence-electron chi connectivity index (χ0n) is 5.93. The van der Waals surface area contributed by atoms with E-state index < -0.39 is 4.92 Å². The average molecular weight is 157 g/mol. The van der Waals surface area contributed by atoms with Crippen molar-refractivity contribution >= 4 is 5.82 Å². The third kappa shape index (κ3) is 1.46. The van der Waals surface area contributed by atoms with Crippen molar-refractivity contribution in [2.75, 3.05) is 6.61 Å². The van der Waals surface area contributed by atoms with E-state index in [1.807, 2.05) is 0 Å². The standard InChI is InChI=1S/C5H7N3O3/c1-2-11-7-4-6-3-5(7)8(9)10/h3-4H,2H2,1H3. The summed E-state index contributed by atoms with van der Waals surface area (Å²) in [6.45, 7) is 2.11. The van der Waals surface area contributed by atoms with E-state index in [1.54, 1.807) is 6.92 Å². The predicted octanol–water partition coefficient (Wildman–Crippen LogP) is 0.240. The first-order valence-corrected chi connectivity index (χ1v) is 3.05. The fourth-order valence-electron chi connectivity index (χ4n) is 0.643. The summed E-state index contributed by atoms with van der Waals surface area (Å²) in [5.74, 6) is -0.160. The lowest BCUT2D eigenvalue weighted by molar-refractivity contribution is -0.396. The van der Waals surface area contributed by atoms with Gasteiger partial charge in [-0.25, -0.2) is 4.98 Å². The van der Waals surface area contributed by atoms with Gasteiger partial charge in [0.05, 0.1) is 0 Å². The summed E-state index contributed by atoms with van der Waals surface area (Å²) in [6.07, 6.45) is 2.39. The highest BCUT2D eigenvalue weighted by Crippen LogP contribution is 2.06. The molecule has 0 saturated heterocycles. The summed E-state index contributed by atoms with van der Waals surface area (Å²) < 4.78 is 1.03. The molecule has 11 heavy (non-hydrogen) atoms. The summed E-state index contributed by atoms with van der Waals surface area (Å²) in [6, 6.07) is 0. The van der Waals surface area contributed by atoms with Crippen molar-refractivity contribution < 1.29 is 9.76 Å². The third-order valence-corrected chi connectivity index (χ3v) is 1.04. The van der Waals surface area contributed by atoms with E-state index in [2.05, 4.69) is 4.98 Å². The van der Waals surface area contributed by atoms with E-state index >= 15 is 0 Å². The van der Waals surface area contributed by atoms with Gasteiger partial charge in [-0.15, -0.1) is 0 Å². The van der Waals surface area contributed by atoms with Gasteiger partial charge in [-0.05, 0) is 16.6 Å². The van der Waals surface area contributed by atoms with E-state index in [0.29, 0.717) is 6.61 Å². The fraction of sp³-hybridized carbons (Fsp3) is 0.400. The number of hydrogen-bond acceptors (Lipinski definition) is 4. The Morgan fingerprint density at radius 3 is 3.18 bits per heavy atom. The van der Waals surface area contributed by atoms with Gasteiger partial charge in [0.15, 0.2) is 0 Å². The van der Waals surface area contributed by atoms with Crippen LogP contribution in [0.2, 0.25) is 0 Å². The molecule has 0 amide bonds. The Hall–Kier alpha value is -1.59. The van der Waals surface area contributed by atoms with Crippen molar-refractivity contribution in [2.24, 2.45) is 0 Å². The Balaban J connectivity index is 2.87. The minimum absolute atomic E-state index is 0.160. The van der Waals surface area contributed by atoms with Gasteiger partial charge in [0.25, 0.3) is 0 Å². The van der Waals surface area contributed by atoms with Crippen LogP contribution < -0.4 is 4.84 Å².